The molecule has 3 heteroatoms. The maximum atomic E-state index is 8.58. The van der Waals surface area contributed by atoms with Gasteiger partial charge in [0.15, 0.2) is 0 Å². The highest BCUT2D eigenvalue weighted by Gasteiger charge is 1.97. The third-order valence-electron chi connectivity index (χ3n) is 3.27. The van der Waals surface area contributed by atoms with E-state index >= 15 is 0 Å². The van der Waals surface area contributed by atoms with Gasteiger partial charge in [-0.25, -0.2) is 0 Å². The van der Waals surface area contributed by atoms with Gasteiger partial charge in [-0.05, 0) is 29.7 Å². The van der Waals surface area contributed by atoms with Crippen molar-refractivity contribution in [3.63, 3.8) is 0 Å². The van der Waals surface area contributed by atoms with Gasteiger partial charge in [-0.15, -0.1) is 0 Å². The molecule has 2 aromatic rings. The van der Waals surface area contributed by atoms with E-state index in [2.05, 4.69) is 53.8 Å². The molecule has 0 heterocycles. The predicted octanol–water partition coefficient (Wildman–Crippen LogP) is 2.84. The first kappa shape index (κ1) is 15.7. The fourth-order valence-corrected chi connectivity index (χ4v) is 2.14. The predicted molar refractivity (Wildman–Crippen MR) is 86.1 cm³/mol. The van der Waals surface area contributed by atoms with Gasteiger partial charge >= 0.3 is 0 Å². The molecular formula is C18H23NO2. The Bertz CT molecular complexity index is 496. The summed E-state index contributed by atoms with van der Waals surface area (Å²) in [5.74, 6) is 0. The van der Waals surface area contributed by atoms with Crippen LogP contribution in [0.25, 0.3) is 11.1 Å². The Labute approximate surface area is 126 Å². The van der Waals surface area contributed by atoms with Gasteiger partial charge in [-0.2, -0.15) is 0 Å². The van der Waals surface area contributed by atoms with E-state index in [1.807, 2.05) is 6.07 Å². The molecule has 0 saturated carbocycles. The lowest BCUT2D eigenvalue weighted by Crippen LogP contribution is -2.16. The minimum atomic E-state index is 0.0984. The summed E-state index contributed by atoms with van der Waals surface area (Å²) in [5, 5.41) is 12.0. The summed E-state index contributed by atoms with van der Waals surface area (Å²) in [6.45, 7) is 3.02. The number of nitrogens with one attached hydrogen (secondary N) is 1. The third kappa shape index (κ3) is 5.68. The largest absolute Gasteiger partial charge is 0.394 e. The average molecular weight is 285 g/mol. The molecule has 0 saturated heterocycles. The first-order chi connectivity index (χ1) is 10.4. The third-order valence-corrected chi connectivity index (χ3v) is 3.27. The standard InChI is InChI=1S/C18H23NO2/c20-12-14-21-13-4-11-19-15-16-7-9-18(10-8-16)17-5-2-1-3-6-17/h1-3,5-10,19-20H,4,11-15H2. The van der Waals surface area contributed by atoms with Crippen LogP contribution in [-0.4, -0.2) is 31.5 Å². The van der Waals surface area contributed by atoms with Crippen LogP contribution in [0.4, 0.5) is 0 Å². The van der Waals surface area contributed by atoms with Crippen LogP contribution in [0.15, 0.2) is 54.6 Å². The summed E-state index contributed by atoms with van der Waals surface area (Å²) in [5.41, 5.74) is 3.78. The quantitative estimate of drug-likeness (QED) is 0.696. The minimum absolute atomic E-state index is 0.0984. The Kier molecular flexibility index (Phi) is 6.95. The zero-order valence-electron chi connectivity index (χ0n) is 12.3. The number of rotatable bonds is 9. The number of hydrogen-bond donors (Lipinski definition) is 2. The van der Waals surface area contributed by atoms with Crippen molar-refractivity contribution in [1.29, 1.82) is 0 Å². The first-order valence-electron chi connectivity index (χ1n) is 7.44. The molecule has 0 amide bonds. The van der Waals surface area contributed by atoms with Crippen molar-refractivity contribution in [2.75, 3.05) is 26.4 Å². The number of ether oxygens (including phenoxy) is 1. The number of hydrogen-bond acceptors (Lipinski definition) is 3. The van der Waals surface area contributed by atoms with Crippen LogP contribution in [0.2, 0.25) is 0 Å². The lowest BCUT2D eigenvalue weighted by atomic mass is 10.0. The number of aliphatic hydroxyl groups is 1. The molecule has 112 valence electrons. The van der Waals surface area contributed by atoms with Crippen molar-refractivity contribution in [1.82, 2.24) is 5.32 Å². The van der Waals surface area contributed by atoms with E-state index in [-0.39, 0.29) is 6.61 Å². The van der Waals surface area contributed by atoms with Gasteiger partial charge in [-0.1, -0.05) is 54.6 Å². The van der Waals surface area contributed by atoms with Crippen LogP contribution < -0.4 is 5.32 Å². The van der Waals surface area contributed by atoms with Crippen LogP contribution in [0.1, 0.15) is 12.0 Å². The maximum absolute atomic E-state index is 8.58. The highest BCUT2D eigenvalue weighted by Crippen LogP contribution is 2.19. The average Bonchev–Trinajstić information content (AvgIpc) is 2.55. The normalized spacial score (nSPS) is 10.7. The molecule has 0 aliphatic carbocycles. The molecule has 2 rings (SSSR count). The summed E-state index contributed by atoms with van der Waals surface area (Å²) in [6.07, 6.45) is 0.960. The second-order valence-electron chi connectivity index (χ2n) is 4.93. The molecule has 0 aliphatic rings. The summed E-state index contributed by atoms with van der Waals surface area (Å²) < 4.78 is 5.21. The highest BCUT2D eigenvalue weighted by atomic mass is 16.5. The minimum Gasteiger partial charge on any atom is -0.394 e. The fraction of sp³-hybridized carbons (Fsp3) is 0.333. The molecule has 0 spiro atoms. The Morgan fingerprint density at radius 1 is 0.857 bits per heavy atom. The van der Waals surface area contributed by atoms with Crippen LogP contribution in [0, 0.1) is 0 Å². The molecule has 2 aromatic carbocycles. The smallest absolute Gasteiger partial charge is 0.0697 e. The Hall–Kier alpha value is -1.68. The lowest BCUT2D eigenvalue weighted by Gasteiger charge is -2.07. The van der Waals surface area contributed by atoms with E-state index in [1.165, 1.54) is 16.7 Å². The van der Waals surface area contributed by atoms with Crippen molar-refractivity contribution in [2.24, 2.45) is 0 Å². The second-order valence-corrected chi connectivity index (χ2v) is 4.93. The van der Waals surface area contributed by atoms with Crippen molar-refractivity contribution in [3.8, 4) is 11.1 Å². The van der Waals surface area contributed by atoms with Crippen LogP contribution in [-0.2, 0) is 11.3 Å². The van der Waals surface area contributed by atoms with Gasteiger partial charge in [0.25, 0.3) is 0 Å². The molecule has 0 aliphatic heterocycles. The zero-order valence-corrected chi connectivity index (χ0v) is 12.3. The molecule has 2 N–H and O–H groups in total. The Morgan fingerprint density at radius 2 is 1.57 bits per heavy atom. The molecule has 0 bridgehead atoms. The SMILES string of the molecule is OCCOCCCNCc1ccc(-c2ccccc2)cc1. The van der Waals surface area contributed by atoms with E-state index in [0.29, 0.717) is 13.2 Å². The summed E-state index contributed by atoms with van der Waals surface area (Å²) >= 11 is 0. The van der Waals surface area contributed by atoms with E-state index in [0.717, 1.165) is 19.5 Å². The van der Waals surface area contributed by atoms with E-state index in [1.54, 1.807) is 0 Å². The van der Waals surface area contributed by atoms with Crippen molar-refractivity contribution < 1.29 is 9.84 Å². The highest BCUT2D eigenvalue weighted by molar-refractivity contribution is 5.63. The van der Waals surface area contributed by atoms with E-state index in [9.17, 15) is 0 Å². The number of aliphatic hydroxyl groups excluding tert-OH is 1. The number of benzene rings is 2. The topological polar surface area (TPSA) is 41.5 Å². The van der Waals surface area contributed by atoms with E-state index < -0.39 is 0 Å². The van der Waals surface area contributed by atoms with Gasteiger partial charge in [0.05, 0.1) is 13.2 Å². The van der Waals surface area contributed by atoms with Gasteiger partial charge in [0, 0.05) is 13.2 Å². The van der Waals surface area contributed by atoms with Crippen molar-refractivity contribution in [3.05, 3.63) is 60.2 Å². The summed E-state index contributed by atoms with van der Waals surface area (Å²) in [4.78, 5) is 0. The fourth-order valence-electron chi connectivity index (χ4n) is 2.14. The Morgan fingerprint density at radius 3 is 2.29 bits per heavy atom. The zero-order chi connectivity index (χ0) is 14.8. The summed E-state index contributed by atoms with van der Waals surface area (Å²) in [6, 6.07) is 19.1. The Balaban J connectivity index is 1.71. The molecule has 0 aromatic heterocycles. The lowest BCUT2D eigenvalue weighted by molar-refractivity contribution is 0.0907. The van der Waals surface area contributed by atoms with Crippen LogP contribution >= 0.6 is 0 Å². The van der Waals surface area contributed by atoms with Gasteiger partial charge in [0.1, 0.15) is 0 Å². The van der Waals surface area contributed by atoms with Crippen LogP contribution in [0.5, 0.6) is 0 Å². The molecule has 0 fully saturated rings. The van der Waals surface area contributed by atoms with Gasteiger partial charge < -0.3 is 15.2 Å². The molecule has 0 unspecified atom stereocenters. The monoisotopic (exact) mass is 285 g/mol. The van der Waals surface area contributed by atoms with Gasteiger partial charge in [0.2, 0.25) is 0 Å². The molecular weight excluding hydrogens is 262 g/mol. The molecule has 3 nitrogen and oxygen atoms in total. The molecule has 0 radical (unpaired) electrons. The first-order valence-corrected chi connectivity index (χ1v) is 7.44. The second kappa shape index (κ2) is 9.29. The maximum Gasteiger partial charge on any atom is 0.0697 e. The molecule has 21 heavy (non-hydrogen) atoms. The van der Waals surface area contributed by atoms with Crippen LogP contribution in [0.3, 0.4) is 0 Å². The molecule has 0 atom stereocenters. The van der Waals surface area contributed by atoms with Crippen molar-refractivity contribution in [2.45, 2.75) is 13.0 Å². The van der Waals surface area contributed by atoms with Crippen molar-refractivity contribution >= 4 is 0 Å². The summed E-state index contributed by atoms with van der Waals surface area (Å²) in [7, 11) is 0. The van der Waals surface area contributed by atoms with E-state index in [4.69, 9.17) is 9.84 Å². The van der Waals surface area contributed by atoms with Gasteiger partial charge in [-0.3, -0.25) is 0 Å².